The SMILES string of the molecule is CN(C)C1CCN(c2cnc(C(N)C(=O)OC(C)(C)C)nc2)CC1. The van der Waals surface area contributed by atoms with E-state index < -0.39 is 17.6 Å². The minimum Gasteiger partial charge on any atom is -0.458 e. The van der Waals surface area contributed by atoms with Crippen LogP contribution < -0.4 is 10.6 Å². The van der Waals surface area contributed by atoms with Crippen molar-refractivity contribution in [2.24, 2.45) is 5.73 Å². The van der Waals surface area contributed by atoms with Gasteiger partial charge in [-0.1, -0.05) is 0 Å². The van der Waals surface area contributed by atoms with Crippen LogP contribution in [0.3, 0.4) is 0 Å². The van der Waals surface area contributed by atoms with Gasteiger partial charge in [-0.3, -0.25) is 0 Å². The van der Waals surface area contributed by atoms with E-state index in [0.29, 0.717) is 6.04 Å². The first-order valence-corrected chi connectivity index (χ1v) is 8.39. The zero-order valence-electron chi connectivity index (χ0n) is 15.3. The van der Waals surface area contributed by atoms with E-state index in [1.165, 1.54) is 0 Å². The topological polar surface area (TPSA) is 84.6 Å². The number of esters is 1. The summed E-state index contributed by atoms with van der Waals surface area (Å²) in [6, 6.07) is -0.334. The third-order valence-corrected chi connectivity index (χ3v) is 4.16. The molecule has 0 amide bonds. The van der Waals surface area contributed by atoms with Gasteiger partial charge in [0.15, 0.2) is 11.9 Å². The second-order valence-corrected chi connectivity index (χ2v) is 7.49. The molecule has 2 rings (SSSR count). The van der Waals surface area contributed by atoms with Crippen LogP contribution in [0.5, 0.6) is 0 Å². The van der Waals surface area contributed by atoms with E-state index in [1.807, 2.05) is 0 Å². The van der Waals surface area contributed by atoms with Gasteiger partial charge in [-0.2, -0.15) is 0 Å². The summed E-state index contributed by atoms with van der Waals surface area (Å²) in [6.45, 7) is 7.37. The maximum atomic E-state index is 12.0. The quantitative estimate of drug-likeness (QED) is 0.831. The van der Waals surface area contributed by atoms with Gasteiger partial charge in [-0.05, 0) is 47.7 Å². The minimum atomic E-state index is -0.960. The van der Waals surface area contributed by atoms with E-state index in [9.17, 15) is 4.79 Å². The van der Waals surface area contributed by atoms with Gasteiger partial charge in [-0.15, -0.1) is 0 Å². The van der Waals surface area contributed by atoms with Crippen molar-refractivity contribution in [3.63, 3.8) is 0 Å². The number of hydrogen-bond donors (Lipinski definition) is 1. The Balaban J connectivity index is 1.97. The van der Waals surface area contributed by atoms with Crippen molar-refractivity contribution >= 4 is 11.7 Å². The van der Waals surface area contributed by atoms with Crippen molar-refractivity contribution in [2.45, 2.75) is 51.3 Å². The molecule has 0 aromatic carbocycles. The first-order valence-electron chi connectivity index (χ1n) is 8.39. The molecule has 1 atom stereocenters. The van der Waals surface area contributed by atoms with Gasteiger partial charge in [0.2, 0.25) is 0 Å². The first kappa shape index (κ1) is 18.6. The van der Waals surface area contributed by atoms with Crippen molar-refractivity contribution in [1.29, 1.82) is 0 Å². The van der Waals surface area contributed by atoms with Crippen molar-refractivity contribution < 1.29 is 9.53 Å². The molecule has 24 heavy (non-hydrogen) atoms. The molecule has 2 N–H and O–H groups in total. The van der Waals surface area contributed by atoms with Crippen LogP contribution in [0.2, 0.25) is 0 Å². The molecule has 0 bridgehead atoms. The van der Waals surface area contributed by atoms with Crippen LogP contribution in [0.15, 0.2) is 12.4 Å². The smallest absolute Gasteiger partial charge is 0.331 e. The predicted octanol–water partition coefficient (Wildman–Crippen LogP) is 1.35. The molecule has 0 aliphatic carbocycles. The molecule has 0 saturated carbocycles. The third-order valence-electron chi connectivity index (χ3n) is 4.16. The normalized spacial score (nSPS) is 17.9. The molecule has 1 aliphatic heterocycles. The fourth-order valence-corrected chi connectivity index (χ4v) is 2.77. The second kappa shape index (κ2) is 7.44. The van der Waals surface area contributed by atoms with E-state index in [1.54, 1.807) is 33.2 Å². The number of nitrogens with two attached hydrogens (primary N) is 1. The largest absolute Gasteiger partial charge is 0.458 e. The highest BCUT2D eigenvalue weighted by atomic mass is 16.6. The summed E-state index contributed by atoms with van der Waals surface area (Å²) in [5, 5.41) is 0. The lowest BCUT2D eigenvalue weighted by Gasteiger charge is -2.36. The number of nitrogens with zero attached hydrogens (tertiary/aromatic N) is 4. The second-order valence-electron chi connectivity index (χ2n) is 7.49. The fourth-order valence-electron chi connectivity index (χ4n) is 2.77. The standard InChI is InChI=1S/C17H29N5O2/c1-17(2,3)24-16(23)14(18)15-19-10-13(11-20-15)22-8-6-12(7-9-22)21(4)5/h10-12,14H,6-9,18H2,1-5H3. The van der Waals surface area contributed by atoms with E-state index in [0.717, 1.165) is 31.6 Å². The van der Waals surface area contributed by atoms with Crippen LogP contribution in [0.25, 0.3) is 0 Å². The number of carbonyl (C=O) groups is 1. The maximum absolute atomic E-state index is 12.0. The van der Waals surface area contributed by atoms with Gasteiger partial charge in [-0.25, -0.2) is 14.8 Å². The Labute approximate surface area is 144 Å². The fraction of sp³-hybridized carbons (Fsp3) is 0.706. The van der Waals surface area contributed by atoms with Crippen LogP contribution in [-0.2, 0) is 9.53 Å². The van der Waals surface area contributed by atoms with Crippen LogP contribution >= 0.6 is 0 Å². The van der Waals surface area contributed by atoms with E-state index >= 15 is 0 Å². The molecule has 1 aromatic rings. The molecule has 134 valence electrons. The van der Waals surface area contributed by atoms with Crippen LogP contribution in [0.4, 0.5) is 5.69 Å². The maximum Gasteiger partial charge on any atom is 0.331 e. The van der Waals surface area contributed by atoms with Gasteiger partial charge in [0.05, 0.1) is 18.1 Å². The third kappa shape index (κ3) is 4.88. The molecule has 2 heterocycles. The number of hydrogen-bond acceptors (Lipinski definition) is 7. The number of aromatic nitrogens is 2. The van der Waals surface area contributed by atoms with Gasteiger partial charge < -0.3 is 20.3 Å². The summed E-state index contributed by atoms with van der Waals surface area (Å²) in [5.74, 6) is -0.224. The van der Waals surface area contributed by atoms with Crippen molar-refractivity contribution in [1.82, 2.24) is 14.9 Å². The Bertz CT molecular complexity index is 545. The monoisotopic (exact) mass is 335 g/mol. The Kier molecular flexibility index (Phi) is 5.77. The highest BCUT2D eigenvalue weighted by Crippen LogP contribution is 2.21. The summed E-state index contributed by atoms with van der Waals surface area (Å²) in [4.78, 5) is 25.1. The number of anilines is 1. The van der Waals surface area contributed by atoms with Crippen LogP contribution in [-0.4, -0.2) is 59.7 Å². The first-order chi connectivity index (χ1) is 11.2. The molecule has 0 radical (unpaired) electrons. The van der Waals surface area contributed by atoms with Gasteiger partial charge in [0, 0.05) is 19.1 Å². The number of rotatable bonds is 4. The van der Waals surface area contributed by atoms with E-state index in [-0.39, 0.29) is 5.82 Å². The lowest BCUT2D eigenvalue weighted by Crippen LogP contribution is -2.42. The van der Waals surface area contributed by atoms with Crippen molar-refractivity contribution in [2.75, 3.05) is 32.1 Å². The molecule has 1 unspecified atom stereocenters. The highest BCUT2D eigenvalue weighted by Gasteiger charge is 2.26. The zero-order chi connectivity index (χ0) is 17.9. The van der Waals surface area contributed by atoms with E-state index in [2.05, 4.69) is 33.9 Å². The Morgan fingerprint density at radius 3 is 2.29 bits per heavy atom. The molecule has 1 saturated heterocycles. The molecule has 7 heteroatoms. The zero-order valence-corrected chi connectivity index (χ0v) is 15.3. The number of ether oxygens (including phenoxy) is 1. The molecule has 7 nitrogen and oxygen atoms in total. The molecule has 1 fully saturated rings. The summed E-state index contributed by atoms with van der Waals surface area (Å²) in [5.41, 5.74) is 6.29. The molecule has 1 aliphatic rings. The molecule has 0 spiro atoms. The lowest BCUT2D eigenvalue weighted by atomic mass is 10.0. The molecular formula is C17H29N5O2. The number of carbonyl (C=O) groups excluding carboxylic acids is 1. The Morgan fingerprint density at radius 1 is 1.29 bits per heavy atom. The summed E-state index contributed by atoms with van der Waals surface area (Å²) >= 11 is 0. The van der Waals surface area contributed by atoms with Crippen molar-refractivity contribution in [3.8, 4) is 0 Å². The summed E-state index contributed by atoms with van der Waals surface area (Å²) in [7, 11) is 4.24. The summed E-state index contributed by atoms with van der Waals surface area (Å²) < 4.78 is 5.28. The van der Waals surface area contributed by atoms with Crippen LogP contribution in [0, 0.1) is 0 Å². The predicted molar refractivity (Wildman–Crippen MR) is 93.7 cm³/mol. The van der Waals surface area contributed by atoms with Gasteiger partial charge >= 0.3 is 5.97 Å². The highest BCUT2D eigenvalue weighted by molar-refractivity contribution is 5.76. The average Bonchev–Trinajstić information content (AvgIpc) is 2.53. The van der Waals surface area contributed by atoms with Crippen molar-refractivity contribution in [3.05, 3.63) is 18.2 Å². The molecular weight excluding hydrogens is 306 g/mol. The minimum absolute atomic E-state index is 0.288. The summed E-state index contributed by atoms with van der Waals surface area (Å²) in [6.07, 6.45) is 5.71. The molecule has 1 aromatic heterocycles. The van der Waals surface area contributed by atoms with Crippen LogP contribution in [0.1, 0.15) is 45.5 Å². The van der Waals surface area contributed by atoms with E-state index in [4.69, 9.17) is 10.5 Å². The lowest BCUT2D eigenvalue weighted by molar-refractivity contribution is -0.156. The number of piperidine rings is 1. The van der Waals surface area contributed by atoms with Gasteiger partial charge in [0.25, 0.3) is 0 Å². The Morgan fingerprint density at radius 2 is 1.83 bits per heavy atom. The van der Waals surface area contributed by atoms with Gasteiger partial charge in [0.1, 0.15) is 5.60 Å². The average molecular weight is 335 g/mol. The Hall–Kier alpha value is -1.73.